The Morgan fingerprint density at radius 2 is 1.88 bits per heavy atom. The van der Waals surface area contributed by atoms with E-state index in [1.165, 1.54) is 23.9 Å². The topological polar surface area (TPSA) is 78.3 Å². The number of fused-ring (bicyclic) bond motifs is 1. The highest BCUT2D eigenvalue weighted by molar-refractivity contribution is 7.99. The number of carbonyl (C=O) groups excluding carboxylic acids is 1. The molecule has 1 amide bonds. The van der Waals surface area contributed by atoms with Gasteiger partial charge in [-0.1, -0.05) is 41.6 Å². The number of anilines is 1. The molecule has 2 heterocycles. The molecular formula is C23H16ClFN4O3S. The Kier molecular flexibility index (Phi) is 5.89. The minimum absolute atomic E-state index is 0.00811. The van der Waals surface area contributed by atoms with Crippen LogP contribution in [0.3, 0.4) is 0 Å². The number of halogens is 2. The maximum Gasteiger partial charge on any atom is 0.234 e. The molecule has 0 fully saturated rings. The Bertz CT molecular complexity index is 1330. The van der Waals surface area contributed by atoms with Gasteiger partial charge >= 0.3 is 0 Å². The summed E-state index contributed by atoms with van der Waals surface area (Å²) in [5, 5.41) is 12.0. The van der Waals surface area contributed by atoms with Gasteiger partial charge in [-0.15, -0.1) is 10.2 Å². The lowest BCUT2D eigenvalue weighted by atomic mass is 10.2. The van der Waals surface area contributed by atoms with Gasteiger partial charge in [0.2, 0.25) is 12.7 Å². The fraction of sp³-hybridized carbons (Fsp3) is 0.0870. The highest BCUT2D eigenvalue weighted by Gasteiger charge is 2.20. The van der Waals surface area contributed by atoms with Crippen molar-refractivity contribution in [1.82, 2.24) is 14.8 Å². The molecule has 1 aliphatic heterocycles. The van der Waals surface area contributed by atoms with E-state index in [0.717, 1.165) is 17.3 Å². The van der Waals surface area contributed by atoms with Crippen molar-refractivity contribution < 1.29 is 18.7 Å². The van der Waals surface area contributed by atoms with Gasteiger partial charge in [-0.3, -0.25) is 9.36 Å². The van der Waals surface area contributed by atoms with E-state index in [1.54, 1.807) is 0 Å². The maximum atomic E-state index is 14.0. The zero-order valence-electron chi connectivity index (χ0n) is 17.0. The lowest BCUT2D eigenvalue weighted by Crippen LogP contribution is -2.15. The summed E-state index contributed by atoms with van der Waals surface area (Å²) >= 11 is 6.96. The van der Waals surface area contributed by atoms with Crippen molar-refractivity contribution in [3.05, 3.63) is 77.6 Å². The molecule has 166 valence electrons. The third kappa shape index (κ3) is 4.50. The summed E-state index contributed by atoms with van der Waals surface area (Å²) < 4.78 is 26.7. The molecular weight excluding hydrogens is 467 g/mol. The van der Waals surface area contributed by atoms with Crippen LogP contribution in [0.15, 0.2) is 71.9 Å². The normalized spacial score (nSPS) is 12.1. The van der Waals surface area contributed by atoms with E-state index in [1.807, 2.05) is 53.1 Å². The number of hydrogen-bond acceptors (Lipinski definition) is 6. The van der Waals surface area contributed by atoms with Crippen LogP contribution in [0.25, 0.3) is 17.1 Å². The summed E-state index contributed by atoms with van der Waals surface area (Å²) in [7, 11) is 0. The van der Waals surface area contributed by atoms with Crippen LogP contribution in [0.5, 0.6) is 11.5 Å². The predicted octanol–water partition coefficient (Wildman–Crippen LogP) is 5.19. The first-order valence-electron chi connectivity index (χ1n) is 9.87. The first kappa shape index (κ1) is 21.3. The molecule has 1 N–H and O–H groups in total. The Hall–Kier alpha value is -3.56. The van der Waals surface area contributed by atoms with Crippen LogP contribution in [0.1, 0.15) is 0 Å². The number of aromatic nitrogens is 3. The van der Waals surface area contributed by atoms with E-state index in [9.17, 15) is 9.18 Å². The monoisotopic (exact) mass is 482 g/mol. The van der Waals surface area contributed by atoms with Crippen molar-refractivity contribution in [2.24, 2.45) is 0 Å². The Morgan fingerprint density at radius 1 is 1.06 bits per heavy atom. The fourth-order valence-electron chi connectivity index (χ4n) is 3.30. The third-order valence-electron chi connectivity index (χ3n) is 4.82. The van der Waals surface area contributed by atoms with Crippen LogP contribution < -0.4 is 14.8 Å². The summed E-state index contributed by atoms with van der Waals surface area (Å²) in [6, 6.07) is 19.2. The quantitative estimate of drug-likeness (QED) is 0.381. The van der Waals surface area contributed by atoms with Crippen molar-refractivity contribution in [2.45, 2.75) is 5.16 Å². The van der Waals surface area contributed by atoms with Gasteiger partial charge in [-0.2, -0.15) is 0 Å². The molecule has 0 saturated carbocycles. The van der Waals surface area contributed by atoms with Crippen LogP contribution in [-0.2, 0) is 4.79 Å². The van der Waals surface area contributed by atoms with E-state index in [0.29, 0.717) is 22.5 Å². The molecule has 1 aliphatic rings. The molecule has 33 heavy (non-hydrogen) atoms. The average Bonchev–Trinajstić information content (AvgIpc) is 3.46. The number of hydrogen-bond donors (Lipinski definition) is 1. The minimum Gasteiger partial charge on any atom is -0.454 e. The number of rotatable bonds is 6. The lowest BCUT2D eigenvalue weighted by molar-refractivity contribution is -0.113. The molecule has 4 aromatic rings. The van der Waals surface area contributed by atoms with Gasteiger partial charge in [0.05, 0.1) is 11.4 Å². The number of thioether (sulfide) groups is 1. The molecule has 0 saturated heterocycles. The summed E-state index contributed by atoms with van der Waals surface area (Å²) in [6.45, 7) is 0.175. The third-order valence-corrected chi connectivity index (χ3v) is 5.98. The highest BCUT2D eigenvalue weighted by Crippen LogP contribution is 2.37. The van der Waals surface area contributed by atoms with Crippen molar-refractivity contribution in [2.75, 3.05) is 17.9 Å². The number of para-hydroxylation sites is 1. The lowest BCUT2D eigenvalue weighted by Gasteiger charge is -2.11. The molecule has 0 unspecified atom stereocenters. The number of carbonyl (C=O) groups is 1. The van der Waals surface area contributed by atoms with Crippen LogP contribution in [0.2, 0.25) is 5.02 Å². The van der Waals surface area contributed by atoms with Crippen LogP contribution in [0.4, 0.5) is 10.1 Å². The van der Waals surface area contributed by atoms with Gasteiger partial charge in [-0.05, 0) is 48.5 Å². The zero-order valence-corrected chi connectivity index (χ0v) is 18.6. The SMILES string of the molecule is O=C(CSc1nnc(-c2ccc3c(c2)OCO3)n1-c1ccccc1)Nc1ccc(Cl)cc1F. The van der Waals surface area contributed by atoms with Crippen LogP contribution in [0, 0.1) is 5.82 Å². The second kappa shape index (κ2) is 9.13. The molecule has 0 bridgehead atoms. The van der Waals surface area contributed by atoms with Gasteiger partial charge in [0.25, 0.3) is 0 Å². The largest absolute Gasteiger partial charge is 0.454 e. The maximum absolute atomic E-state index is 14.0. The Balaban J connectivity index is 1.41. The molecule has 0 aliphatic carbocycles. The molecule has 1 aromatic heterocycles. The van der Waals surface area contributed by atoms with Crippen molar-refractivity contribution in [1.29, 1.82) is 0 Å². The van der Waals surface area contributed by atoms with E-state index in [-0.39, 0.29) is 29.2 Å². The zero-order chi connectivity index (χ0) is 22.8. The summed E-state index contributed by atoms with van der Waals surface area (Å²) in [4.78, 5) is 12.5. The Morgan fingerprint density at radius 3 is 2.70 bits per heavy atom. The van der Waals surface area contributed by atoms with Crippen LogP contribution >= 0.6 is 23.4 Å². The second-order valence-corrected chi connectivity index (χ2v) is 8.39. The molecule has 3 aromatic carbocycles. The van der Waals surface area contributed by atoms with Crippen LogP contribution in [-0.4, -0.2) is 33.2 Å². The summed E-state index contributed by atoms with van der Waals surface area (Å²) in [5.41, 5.74) is 1.69. The number of benzene rings is 3. The number of nitrogens with zero attached hydrogens (tertiary/aromatic N) is 3. The molecule has 0 atom stereocenters. The molecule has 0 radical (unpaired) electrons. The second-order valence-electron chi connectivity index (χ2n) is 7.01. The number of nitrogens with one attached hydrogen (secondary N) is 1. The van der Waals surface area contributed by atoms with E-state index >= 15 is 0 Å². The van der Waals surface area contributed by atoms with Gasteiger partial charge in [0.15, 0.2) is 22.5 Å². The molecule has 0 spiro atoms. The average molecular weight is 483 g/mol. The van der Waals surface area contributed by atoms with Crippen molar-refractivity contribution in [3.63, 3.8) is 0 Å². The van der Waals surface area contributed by atoms with E-state index in [2.05, 4.69) is 15.5 Å². The summed E-state index contributed by atoms with van der Waals surface area (Å²) in [6.07, 6.45) is 0. The standard InChI is InChI=1S/C23H16ClFN4O3S/c24-15-7-8-18(17(25)11-15)26-21(30)12-33-23-28-27-22(29(23)16-4-2-1-3-5-16)14-6-9-19-20(10-14)32-13-31-19/h1-11H,12-13H2,(H,26,30). The molecule has 5 rings (SSSR count). The van der Waals surface area contributed by atoms with Gasteiger partial charge in [-0.25, -0.2) is 4.39 Å². The van der Waals surface area contributed by atoms with Gasteiger partial charge < -0.3 is 14.8 Å². The number of amides is 1. The molecule has 10 heteroatoms. The minimum atomic E-state index is -0.599. The highest BCUT2D eigenvalue weighted by atomic mass is 35.5. The predicted molar refractivity (Wildman–Crippen MR) is 124 cm³/mol. The smallest absolute Gasteiger partial charge is 0.234 e. The van der Waals surface area contributed by atoms with E-state index < -0.39 is 5.82 Å². The fourth-order valence-corrected chi connectivity index (χ4v) is 4.21. The van der Waals surface area contributed by atoms with Gasteiger partial charge in [0.1, 0.15) is 5.82 Å². The van der Waals surface area contributed by atoms with E-state index in [4.69, 9.17) is 21.1 Å². The summed E-state index contributed by atoms with van der Waals surface area (Å²) in [5.74, 6) is 0.922. The first-order chi connectivity index (χ1) is 16.1. The molecule has 7 nitrogen and oxygen atoms in total. The van der Waals surface area contributed by atoms with Crippen molar-refractivity contribution >= 4 is 35.0 Å². The first-order valence-corrected chi connectivity index (χ1v) is 11.2. The Labute approximate surface area is 197 Å². The van der Waals surface area contributed by atoms with Crippen molar-refractivity contribution in [3.8, 4) is 28.6 Å². The number of ether oxygens (including phenoxy) is 2. The van der Waals surface area contributed by atoms with Gasteiger partial charge in [0, 0.05) is 16.3 Å².